The zero-order valence-corrected chi connectivity index (χ0v) is 15.4. The van der Waals surface area contributed by atoms with E-state index >= 15 is 0 Å². The molecule has 114 valence electrons. The Hall–Kier alpha value is -0.910. The Kier molecular flexibility index (Phi) is 5.41. The van der Waals surface area contributed by atoms with Gasteiger partial charge in [0.05, 0.1) is 3.79 Å². The molecule has 0 unspecified atom stereocenters. The summed E-state index contributed by atoms with van der Waals surface area (Å²) in [6, 6.07) is 4.26. The SMILES string of the molecule is CN(Cc1csc(Br)c1)c1ccncc1CNC(C)(C)C. The van der Waals surface area contributed by atoms with Crippen molar-refractivity contribution < 1.29 is 0 Å². The van der Waals surface area contributed by atoms with Gasteiger partial charge in [-0.05, 0) is 59.8 Å². The fraction of sp³-hybridized carbons (Fsp3) is 0.438. The van der Waals surface area contributed by atoms with Crippen LogP contribution in [0.15, 0.2) is 33.7 Å². The number of nitrogens with zero attached hydrogens (tertiary/aromatic N) is 2. The first kappa shape index (κ1) is 16.5. The number of rotatable bonds is 5. The van der Waals surface area contributed by atoms with Crippen LogP contribution in [0.25, 0.3) is 0 Å². The summed E-state index contributed by atoms with van der Waals surface area (Å²) in [5.41, 5.74) is 3.87. The van der Waals surface area contributed by atoms with Gasteiger partial charge in [0.25, 0.3) is 0 Å². The van der Waals surface area contributed by atoms with Crippen LogP contribution in [0.5, 0.6) is 0 Å². The van der Waals surface area contributed by atoms with Gasteiger partial charge in [0.15, 0.2) is 0 Å². The van der Waals surface area contributed by atoms with Crippen LogP contribution in [0.1, 0.15) is 31.9 Å². The van der Waals surface area contributed by atoms with E-state index in [9.17, 15) is 0 Å². The van der Waals surface area contributed by atoms with E-state index in [1.807, 2.05) is 12.4 Å². The highest BCUT2D eigenvalue weighted by molar-refractivity contribution is 9.11. The van der Waals surface area contributed by atoms with Gasteiger partial charge < -0.3 is 10.2 Å². The lowest BCUT2D eigenvalue weighted by molar-refractivity contribution is 0.424. The predicted octanol–water partition coefficient (Wildman–Crippen LogP) is 4.43. The van der Waals surface area contributed by atoms with Gasteiger partial charge in [0.2, 0.25) is 0 Å². The number of pyridine rings is 1. The Balaban J connectivity index is 2.11. The third-order valence-corrected chi connectivity index (χ3v) is 4.69. The van der Waals surface area contributed by atoms with Crippen molar-refractivity contribution in [2.45, 2.75) is 39.4 Å². The van der Waals surface area contributed by atoms with E-state index in [0.29, 0.717) is 0 Å². The molecule has 21 heavy (non-hydrogen) atoms. The number of nitrogens with one attached hydrogen (secondary N) is 1. The van der Waals surface area contributed by atoms with Crippen LogP contribution in [-0.4, -0.2) is 17.6 Å². The molecule has 2 aromatic rings. The lowest BCUT2D eigenvalue weighted by Crippen LogP contribution is -2.35. The highest BCUT2D eigenvalue weighted by Gasteiger charge is 2.13. The van der Waals surface area contributed by atoms with Crippen LogP contribution < -0.4 is 10.2 Å². The highest BCUT2D eigenvalue weighted by atomic mass is 79.9. The van der Waals surface area contributed by atoms with Gasteiger partial charge in [-0.3, -0.25) is 4.98 Å². The van der Waals surface area contributed by atoms with Crippen molar-refractivity contribution in [2.75, 3.05) is 11.9 Å². The molecule has 0 aliphatic carbocycles. The Morgan fingerprint density at radius 1 is 1.38 bits per heavy atom. The molecule has 0 saturated heterocycles. The first-order chi connectivity index (χ1) is 9.85. The van der Waals surface area contributed by atoms with Crippen molar-refractivity contribution in [1.29, 1.82) is 0 Å². The first-order valence-corrected chi connectivity index (χ1v) is 8.64. The van der Waals surface area contributed by atoms with Gasteiger partial charge in [-0.1, -0.05) is 0 Å². The van der Waals surface area contributed by atoms with Gasteiger partial charge in [-0.15, -0.1) is 11.3 Å². The average molecular weight is 368 g/mol. The topological polar surface area (TPSA) is 28.2 Å². The standard InChI is InChI=1S/C16H22BrN3S/c1-16(2,3)19-9-13-8-18-6-5-14(13)20(4)10-12-7-15(17)21-11-12/h5-8,11,19H,9-10H2,1-4H3. The van der Waals surface area contributed by atoms with Crippen molar-refractivity contribution in [3.05, 3.63) is 44.8 Å². The van der Waals surface area contributed by atoms with E-state index in [2.05, 4.69) is 76.5 Å². The Morgan fingerprint density at radius 2 is 2.14 bits per heavy atom. The van der Waals surface area contributed by atoms with Crippen LogP contribution in [0.2, 0.25) is 0 Å². The molecule has 0 aliphatic heterocycles. The first-order valence-electron chi connectivity index (χ1n) is 6.97. The molecule has 2 rings (SSSR count). The molecule has 2 aromatic heterocycles. The lowest BCUT2D eigenvalue weighted by atomic mass is 10.1. The maximum Gasteiger partial charge on any atom is 0.0701 e. The van der Waals surface area contributed by atoms with E-state index in [1.165, 1.54) is 20.6 Å². The summed E-state index contributed by atoms with van der Waals surface area (Å²) in [5, 5.41) is 5.72. The second kappa shape index (κ2) is 6.90. The molecule has 0 spiro atoms. The van der Waals surface area contributed by atoms with Gasteiger partial charge in [-0.25, -0.2) is 0 Å². The third-order valence-electron chi connectivity index (χ3n) is 3.14. The van der Waals surface area contributed by atoms with Crippen LogP contribution >= 0.6 is 27.3 Å². The Labute approximate surface area is 139 Å². The molecule has 0 fully saturated rings. The fourth-order valence-corrected chi connectivity index (χ4v) is 3.28. The van der Waals surface area contributed by atoms with E-state index < -0.39 is 0 Å². The molecule has 2 heterocycles. The largest absolute Gasteiger partial charge is 0.370 e. The van der Waals surface area contributed by atoms with Gasteiger partial charge in [0.1, 0.15) is 0 Å². The van der Waals surface area contributed by atoms with E-state index in [1.54, 1.807) is 11.3 Å². The number of hydrogen-bond acceptors (Lipinski definition) is 4. The van der Waals surface area contributed by atoms with Crippen LogP contribution in [0, 0.1) is 0 Å². The number of aromatic nitrogens is 1. The number of halogens is 1. The number of hydrogen-bond donors (Lipinski definition) is 1. The zero-order valence-electron chi connectivity index (χ0n) is 13.0. The van der Waals surface area contributed by atoms with Crippen molar-refractivity contribution in [3.63, 3.8) is 0 Å². The molecule has 1 N–H and O–H groups in total. The van der Waals surface area contributed by atoms with Crippen molar-refractivity contribution in [1.82, 2.24) is 10.3 Å². The summed E-state index contributed by atoms with van der Waals surface area (Å²) in [6.07, 6.45) is 3.81. The summed E-state index contributed by atoms with van der Waals surface area (Å²) >= 11 is 5.24. The second-order valence-electron chi connectivity index (χ2n) is 6.22. The van der Waals surface area contributed by atoms with Gasteiger partial charge >= 0.3 is 0 Å². The minimum Gasteiger partial charge on any atom is -0.370 e. The minimum atomic E-state index is 0.101. The number of anilines is 1. The molecule has 0 atom stereocenters. The van der Waals surface area contributed by atoms with E-state index in [4.69, 9.17) is 0 Å². The third kappa shape index (κ3) is 5.09. The Morgan fingerprint density at radius 3 is 2.76 bits per heavy atom. The van der Waals surface area contributed by atoms with Crippen LogP contribution in [-0.2, 0) is 13.1 Å². The summed E-state index contributed by atoms with van der Waals surface area (Å²) in [5.74, 6) is 0. The predicted molar refractivity (Wildman–Crippen MR) is 95.0 cm³/mol. The molecule has 5 heteroatoms. The summed E-state index contributed by atoms with van der Waals surface area (Å²) < 4.78 is 1.18. The normalized spacial score (nSPS) is 11.7. The molecular formula is C16H22BrN3S. The molecule has 0 radical (unpaired) electrons. The molecule has 3 nitrogen and oxygen atoms in total. The maximum absolute atomic E-state index is 4.27. The molecule has 0 amide bonds. The Bertz CT molecular complexity index is 589. The quantitative estimate of drug-likeness (QED) is 0.846. The van der Waals surface area contributed by atoms with Crippen molar-refractivity contribution in [3.8, 4) is 0 Å². The molecule has 0 aliphatic rings. The summed E-state index contributed by atoms with van der Waals surface area (Å²) in [6.45, 7) is 8.25. The molecule has 0 bridgehead atoms. The van der Waals surface area contributed by atoms with Crippen LogP contribution in [0.3, 0.4) is 0 Å². The van der Waals surface area contributed by atoms with Gasteiger partial charge in [-0.2, -0.15) is 0 Å². The highest BCUT2D eigenvalue weighted by Crippen LogP contribution is 2.25. The maximum atomic E-state index is 4.27. The monoisotopic (exact) mass is 367 g/mol. The molecule has 0 saturated carbocycles. The number of thiophene rings is 1. The molecule has 0 aromatic carbocycles. The summed E-state index contributed by atoms with van der Waals surface area (Å²) in [4.78, 5) is 6.54. The van der Waals surface area contributed by atoms with Crippen molar-refractivity contribution in [2.24, 2.45) is 0 Å². The van der Waals surface area contributed by atoms with E-state index in [0.717, 1.165) is 13.1 Å². The second-order valence-corrected chi connectivity index (χ2v) is 8.51. The smallest absolute Gasteiger partial charge is 0.0701 e. The lowest BCUT2D eigenvalue weighted by Gasteiger charge is -2.25. The summed E-state index contributed by atoms with van der Waals surface area (Å²) in [7, 11) is 2.13. The van der Waals surface area contributed by atoms with Gasteiger partial charge in [0, 0.05) is 49.3 Å². The zero-order chi connectivity index (χ0) is 15.5. The fourth-order valence-electron chi connectivity index (χ4n) is 2.08. The van der Waals surface area contributed by atoms with Crippen molar-refractivity contribution >= 4 is 33.0 Å². The van der Waals surface area contributed by atoms with Crippen LogP contribution in [0.4, 0.5) is 5.69 Å². The molecular weight excluding hydrogens is 346 g/mol. The average Bonchev–Trinajstić information content (AvgIpc) is 2.81. The minimum absolute atomic E-state index is 0.101. The van der Waals surface area contributed by atoms with E-state index in [-0.39, 0.29) is 5.54 Å².